The van der Waals surface area contributed by atoms with Crippen molar-refractivity contribution >= 4 is 46.4 Å². The Kier molecular flexibility index (Phi) is 7.04. The van der Waals surface area contributed by atoms with Crippen molar-refractivity contribution < 1.29 is 14.6 Å². The molecule has 0 unspecified atom stereocenters. The topological polar surface area (TPSA) is 58.6 Å². The first-order valence-corrected chi connectivity index (χ1v) is 9.93. The van der Waals surface area contributed by atoms with E-state index in [4.69, 9.17) is 39.5 Å². The Bertz CT molecular complexity index is 1010. The summed E-state index contributed by atoms with van der Waals surface area (Å²) in [4.78, 5) is 12.7. The molecule has 0 heterocycles. The third-order valence-corrected chi connectivity index (χ3v) is 5.01. The fraction of sp³-hybridized carbons (Fsp3) is 0.136. The van der Waals surface area contributed by atoms with E-state index in [0.717, 1.165) is 0 Å². The van der Waals surface area contributed by atoms with Crippen molar-refractivity contribution in [1.29, 1.82) is 0 Å². The first-order chi connectivity index (χ1) is 13.8. The van der Waals surface area contributed by atoms with Crippen LogP contribution in [-0.2, 0) is 4.79 Å². The number of aliphatic hydroxyl groups is 1. The van der Waals surface area contributed by atoms with Crippen LogP contribution in [0, 0.1) is 0 Å². The number of carbonyl (C=O) groups excluding carboxylic acids is 1. The molecule has 3 aromatic carbocycles. The number of halogens is 3. The van der Waals surface area contributed by atoms with Crippen LogP contribution < -0.4 is 10.1 Å². The fourth-order valence-corrected chi connectivity index (χ4v) is 3.37. The third kappa shape index (κ3) is 5.43. The van der Waals surface area contributed by atoms with Gasteiger partial charge in [0.15, 0.2) is 6.10 Å². The molecule has 0 saturated heterocycles. The van der Waals surface area contributed by atoms with Gasteiger partial charge < -0.3 is 15.2 Å². The standard InChI is InChI=1S/C22H18Cl3NO3/c1-13(29-20-10-8-16(24)12-18(20)25)22(28)26-19-9-7-15(23)11-17(19)21(27)14-5-3-2-4-6-14/h2-13,21,27H,1H3,(H,26,28)/t13-,21+/m1/s1. The van der Waals surface area contributed by atoms with Gasteiger partial charge in [0.2, 0.25) is 0 Å². The second kappa shape index (κ2) is 9.51. The monoisotopic (exact) mass is 449 g/mol. The Morgan fingerprint density at radius 3 is 2.31 bits per heavy atom. The molecule has 7 heteroatoms. The van der Waals surface area contributed by atoms with Crippen LogP contribution in [0.4, 0.5) is 5.69 Å². The minimum atomic E-state index is -0.952. The summed E-state index contributed by atoms with van der Waals surface area (Å²) in [5, 5.41) is 14.8. The second-order valence-corrected chi connectivity index (χ2v) is 7.65. The van der Waals surface area contributed by atoms with E-state index in [1.165, 1.54) is 6.07 Å². The molecule has 150 valence electrons. The molecule has 1 amide bonds. The first kappa shape index (κ1) is 21.5. The molecule has 2 atom stereocenters. The molecule has 0 spiro atoms. The number of nitrogens with one attached hydrogen (secondary N) is 1. The number of carbonyl (C=O) groups is 1. The van der Waals surface area contributed by atoms with Crippen LogP contribution in [0.1, 0.15) is 24.2 Å². The lowest BCUT2D eigenvalue weighted by atomic mass is 10.00. The van der Waals surface area contributed by atoms with Crippen LogP contribution in [0.5, 0.6) is 5.75 Å². The molecule has 0 aliphatic rings. The largest absolute Gasteiger partial charge is 0.479 e. The summed E-state index contributed by atoms with van der Waals surface area (Å²) in [5.74, 6) is -0.0563. The molecular formula is C22H18Cl3NO3. The number of ether oxygens (including phenoxy) is 1. The predicted molar refractivity (Wildman–Crippen MR) is 117 cm³/mol. The number of rotatable bonds is 6. The normalized spacial score (nSPS) is 12.9. The molecule has 3 rings (SSSR count). The average Bonchev–Trinajstić information content (AvgIpc) is 2.71. The van der Waals surface area contributed by atoms with E-state index in [1.807, 2.05) is 18.2 Å². The Labute approximate surface area is 184 Å². The molecule has 3 aromatic rings. The smallest absolute Gasteiger partial charge is 0.265 e. The van der Waals surface area contributed by atoms with Gasteiger partial charge in [-0.3, -0.25) is 4.79 Å². The van der Waals surface area contributed by atoms with Crippen LogP contribution in [-0.4, -0.2) is 17.1 Å². The highest BCUT2D eigenvalue weighted by Crippen LogP contribution is 2.32. The number of hydrogen-bond acceptors (Lipinski definition) is 3. The maximum atomic E-state index is 12.7. The van der Waals surface area contributed by atoms with Crippen molar-refractivity contribution in [2.24, 2.45) is 0 Å². The van der Waals surface area contributed by atoms with E-state index >= 15 is 0 Å². The molecule has 0 bridgehead atoms. The average molecular weight is 451 g/mol. The molecule has 0 saturated carbocycles. The van der Waals surface area contributed by atoms with E-state index < -0.39 is 18.1 Å². The Hall–Kier alpha value is -2.24. The number of aliphatic hydroxyl groups excluding tert-OH is 1. The van der Waals surface area contributed by atoms with Gasteiger partial charge in [0.1, 0.15) is 11.9 Å². The van der Waals surface area contributed by atoms with E-state index in [1.54, 1.807) is 49.4 Å². The summed E-state index contributed by atoms with van der Waals surface area (Å²) in [7, 11) is 0. The minimum absolute atomic E-state index is 0.309. The van der Waals surface area contributed by atoms with Gasteiger partial charge in [0, 0.05) is 21.3 Å². The van der Waals surface area contributed by atoms with Gasteiger partial charge in [-0.05, 0) is 48.9 Å². The summed E-state index contributed by atoms with van der Waals surface area (Å²) < 4.78 is 5.65. The molecule has 0 aliphatic heterocycles. The van der Waals surface area contributed by atoms with Gasteiger partial charge in [-0.2, -0.15) is 0 Å². The number of amides is 1. The van der Waals surface area contributed by atoms with Gasteiger partial charge in [-0.15, -0.1) is 0 Å². The molecule has 0 radical (unpaired) electrons. The zero-order valence-electron chi connectivity index (χ0n) is 15.4. The molecule has 29 heavy (non-hydrogen) atoms. The van der Waals surface area contributed by atoms with E-state index in [2.05, 4.69) is 5.32 Å². The number of benzene rings is 3. The lowest BCUT2D eigenvalue weighted by Gasteiger charge is -2.20. The summed E-state index contributed by atoms with van der Waals surface area (Å²) in [6.07, 6.45) is -1.79. The van der Waals surface area contributed by atoms with Crippen LogP contribution >= 0.6 is 34.8 Å². The van der Waals surface area contributed by atoms with Crippen molar-refractivity contribution in [3.63, 3.8) is 0 Å². The summed E-state index contributed by atoms with van der Waals surface area (Å²) in [6.45, 7) is 1.60. The van der Waals surface area contributed by atoms with E-state index in [-0.39, 0.29) is 0 Å². The van der Waals surface area contributed by atoms with Crippen molar-refractivity contribution in [2.75, 3.05) is 5.32 Å². The quantitative estimate of drug-likeness (QED) is 0.474. The summed E-state index contributed by atoms with van der Waals surface area (Å²) >= 11 is 18.1. The molecule has 0 aliphatic carbocycles. The predicted octanol–water partition coefficient (Wildman–Crippen LogP) is 6.13. The SMILES string of the molecule is C[C@@H](Oc1ccc(Cl)cc1Cl)C(=O)Nc1ccc(Cl)cc1[C@@H](O)c1ccccc1. The van der Waals surface area contributed by atoms with Crippen molar-refractivity contribution in [1.82, 2.24) is 0 Å². The highest BCUT2D eigenvalue weighted by molar-refractivity contribution is 6.35. The molecule has 0 fully saturated rings. The van der Waals surface area contributed by atoms with E-state index in [0.29, 0.717) is 37.6 Å². The highest BCUT2D eigenvalue weighted by atomic mass is 35.5. The highest BCUT2D eigenvalue weighted by Gasteiger charge is 2.21. The fourth-order valence-electron chi connectivity index (χ4n) is 2.74. The summed E-state index contributed by atoms with van der Waals surface area (Å²) in [6, 6.07) is 18.8. The summed E-state index contributed by atoms with van der Waals surface area (Å²) in [5.41, 5.74) is 1.60. The molecular weight excluding hydrogens is 433 g/mol. The lowest BCUT2D eigenvalue weighted by Crippen LogP contribution is -2.30. The third-order valence-electron chi connectivity index (χ3n) is 4.25. The van der Waals surface area contributed by atoms with Gasteiger partial charge in [-0.1, -0.05) is 65.1 Å². The van der Waals surface area contributed by atoms with Crippen LogP contribution in [0.3, 0.4) is 0 Å². The Morgan fingerprint density at radius 2 is 1.62 bits per heavy atom. The van der Waals surface area contributed by atoms with Crippen LogP contribution in [0.15, 0.2) is 66.7 Å². The van der Waals surface area contributed by atoms with Crippen LogP contribution in [0.25, 0.3) is 0 Å². The molecule has 2 N–H and O–H groups in total. The van der Waals surface area contributed by atoms with Crippen LogP contribution in [0.2, 0.25) is 15.1 Å². The van der Waals surface area contributed by atoms with E-state index in [9.17, 15) is 9.90 Å². The first-order valence-electron chi connectivity index (χ1n) is 8.80. The number of anilines is 1. The van der Waals surface area contributed by atoms with Gasteiger partial charge in [-0.25, -0.2) is 0 Å². The second-order valence-electron chi connectivity index (χ2n) is 6.37. The Morgan fingerprint density at radius 1 is 0.966 bits per heavy atom. The molecule has 4 nitrogen and oxygen atoms in total. The number of hydrogen-bond donors (Lipinski definition) is 2. The molecule has 0 aromatic heterocycles. The zero-order chi connectivity index (χ0) is 21.0. The maximum absolute atomic E-state index is 12.7. The van der Waals surface area contributed by atoms with Crippen molar-refractivity contribution in [2.45, 2.75) is 19.1 Å². The van der Waals surface area contributed by atoms with Gasteiger partial charge in [0.25, 0.3) is 5.91 Å². The maximum Gasteiger partial charge on any atom is 0.265 e. The Balaban J connectivity index is 1.79. The minimum Gasteiger partial charge on any atom is -0.479 e. The lowest BCUT2D eigenvalue weighted by molar-refractivity contribution is -0.122. The zero-order valence-corrected chi connectivity index (χ0v) is 17.7. The van der Waals surface area contributed by atoms with Crippen molar-refractivity contribution in [3.8, 4) is 5.75 Å². The van der Waals surface area contributed by atoms with Gasteiger partial charge in [0.05, 0.1) is 5.02 Å². The van der Waals surface area contributed by atoms with Gasteiger partial charge >= 0.3 is 0 Å². The van der Waals surface area contributed by atoms with Crippen molar-refractivity contribution in [3.05, 3.63) is 92.9 Å².